The van der Waals surface area contributed by atoms with E-state index in [0.29, 0.717) is 5.92 Å². The van der Waals surface area contributed by atoms with Gasteiger partial charge in [0, 0.05) is 44.5 Å². The number of piperidine rings is 1. The third-order valence-electron chi connectivity index (χ3n) is 5.98. The Bertz CT molecular complexity index is 878. The summed E-state index contributed by atoms with van der Waals surface area (Å²) in [5.41, 5.74) is 1.29. The molecule has 0 radical (unpaired) electrons. The van der Waals surface area contributed by atoms with Crippen molar-refractivity contribution in [3.8, 4) is 0 Å². The van der Waals surface area contributed by atoms with Crippen LogP contribution in [0.2, 0.25) is 0 Å². The molecule has 2 aromatic heterocycles. The highest BCUT2D eigenvalue weighted by atomic mass is 32.1. The minimum Gasteiger partial charge on any atom is -0.379 e. The van der Waals surface area contributed by atoms with Gasteiger partial charge in [-0.05, 0) is 38.2 Å². The summed E-state index contributed by atoms with van der Waals surface area (Å²) < 4.78 is 5.48. The standard InChI is InChI=1S/C21H31N5O2S/c1-14-15(2)29-21-19(14)20(23-18(24-21)13-25-7-9-28-10-8-25)26-6-4-5-17(12-26)11-22-16(3)27/h17H,4-13H2,1-3H3,(H,22,27). The molecule has 0 spiro atoms. The van der Waals surface area contributed by atoms with E-state index in [-0.39, 0.29) is 5.91 Å². The molecule has 0 bridgehead atoms. The van der Waals surface area contributed by atoms with Gasteiger partial charge >= 0.3 is 0 Å². The lowest BCUT2D eigenvalue weighted by Crippen LogP contribution is -2.41. The van der Waals surface area contributed by atoms with Gasteiger partial charge in [0.2, 0.25) is 5.91 Å². The van der Waals surface area contributed by atoms with Crippen LogP contribution in [0.25, 0.3) is 10.2 Å². The number of amides is 1. The predicted molar refractivity (Wildman–Crippen MR) is 117 cm³/mol. The van der Waals surface area contributed by atoms with E-state index in [1.165, 1.54) is 15.8 Å². The zero-order chi connectivity index (χ0) is 20.4. The average Bonchev–Trinajstić information content (AvgIpc) is 3.00. The molecule has 0 saturated carbocycles. The van der Waals surface area contributed by atoms with Gasteiger partial charge in [0.05, 0.1) is 25.1 Å². The molecule has 7 nitrogen and oxygen atoms in total. The van der Waals surface area contributed by atoms with Crippen LogP contribution in [-0.2, 0) is 16.1 Å². The van der Waals surface area contributed by atoms with Crippen LogP contribution in [-0.4, -0.2) is 66.7 Å². The number of carbonyl (C=O) groups excluding carboxylic acids is 1. The second kappa shape index (κ2) is 8.93. The normalized spacial score (nSPS) is 20.9. The van der Waals surface area contributed by atoms with Gasteiger partial charge in [-0.15, -0.1) is 11.3 Å². The topological polar surface area (TPSA) is 70.6 Å². The maximum atomic E-state index is 11.3. The molecule has 1 atom stereocenters. The Hall–Kier alpha value is -1.77. The molecule has 2 saturated heterocycles. The molecule has 1 N–H and O–H groups in total. The molecular weight excluding hydrogens is 386 g/mol. The second-order valence-corrected chi connectivity index (χ2v) is 9.41. The van der Waals surface area contributed by atoms with Crippen molar-refractivity contribution < 1.29 is 9.53 Å². The maximum absolute atomic E-state index is 11.3. The van der Waals surface area contributed by atoms with Gasteiger partial charge in [-0.25, -0.2) is 9.97 Å². The summed E-state index contributed by atoms with van der Waals surface area (Å²) >= 11 is 1.77. The fraction of sp³-hybridized carbons (Fsp3) is 0.667. The Morgan fingerprint density at radius 1 is 1.24 bits per heavy atom. The highest BCUT2D eigenvalue weighted by Crippen LogP contribution is 2.36. The van der Waals surface area contributed by atoms with Crippen LogP contribution in [0, 0.1) is 19.8 Å². The smallest absolute Gasteiger partial charge is 0.216 e. The molecule has 8 heteroatoms. The average molecular weight is 418 g/mol. The molecule has 1 amide bonds. The molecule has 2 aliphatic rings. The monoisotopic (exact) mass is 417 g/mol. The predicted octanol–water partition coefficient (Wildman–Crippen LogP) is 2.49. The number of ether oxygens (including phenoxy) is 1. The zero-order valence-corrected chi connectivity index (χ0v) is 18.5. The molecule has 29 heavy (non-hydrogen) atoms. The third kappa shape index (κ3) is 4.70. The molecule has 4 rings (SSSR count). The van der Waals surface area contributed by atoms with E-state index in [1.54, 1.807) is 18.3 Å². The van der Waals surface area contributed by atoms with Crippen LogP contribution in [0.5, 0.6) is 0 Å². The van der Waals surface area contributed by atoms with Crippen molar-refractivity contribution in [3.05, 3.63) is 16.3 Å². The number of nitrogens with zero attached hydrogens (tertiary/aromatic N) is 4. The van der Waals surface area contributed by atoms with Crippen molar-refractivity contribution in [2.75, 3.05) is 50.8 Å². The highest BCUT2D eigenvalue weighted by Gasteiger charge is 2.25. The number of hydrogen-bond acceptors (Lipinski definition) is 7. The van der Waals surface area contributed by atoms with Crippen LogP contribution in [0.3, 0.4) is 0 Å². The summed E-state index contributed by atoms with van der Waals surface area (Å²) in [7, 11) is 0. The number of aryl methyl sites for hydroxylation is 2. The van der Waals surface area contributed by atoms with E-state index in [0.717, 1.165) is 81.8 Å². The summed E-state index contributed by atoms with van der Waals surface area (Å²) in [6, 6.07) is 0. The van der Waals surface area contributed by atoms with Crippen LogP contribution in [0.15, 0.2) is 0 Å². The Labute approximate surface area is 176 Å². The first-order valence-corrected chi connectivity index (χ1v) is 11.4. The molecule has 0 aromatic carbocycles. The van der Waals surface area contributed by atoms with Crippen molar-refractivity contribution in [3.63, 3.8) is 0 Å². The fourth-order valence-corrected chi connectivity index (χ4v) is 5.29. The quantitative estimate of drug-likeness (QED) is 0.806. The third-order valence-corrected chi connectivity index (χ3v) is 7.08. The first-order valence-electron chi connectivity index (χ1n) is 10.6. The molecule has 2 fully saturated rings. The van der Waals surface area contributed by atoms with E-state index in [4.69, 9.17) is 14.7 Å². The number of anilines is 1. The van der Waals surface area contributed by atoms with Crippen LogP contribution in [0.4, 0.5) is 5.82 Å². The molecule has 2 aromatic rings. The van der Waals surface area contributed by atoms with Crippen molar-refractivity contribution >= 4 is 33.3 Å². The minimum absolute atomic E-state index is 0.0450. The van der Waals surface area contributed by atoms with Crippen molar-refractivity contribution in [2.45, 2.75) is 40.2 Å². The number of hydrogen-bond donors (Lipinski definition) is 1. The minimum atomic E-state index is 0.0450. The van der Waals surface area contributed by atoms with E-state index < -0.39 is 0 Å². The van der Waals surface area contributed by atoms with Gasteiger partial charge in [0.1, 0.15) is 16.5 Å². The number of rotatable bonds is 5. The number of carbonyl (C=O) groups is 1. The molecule has 4 heterocycles. The number of nitrogens with one attached hydrogen (secondary N) is 1. The van der Waals surface area contributed by atoms with Gasteiger partial charge in [-0.1, -0.05) is 0 Å². The second-order valence-electron chi connectivity index (χ2n) is 8.21. The molecular formula is C21H31N5O2S. The highest BCUT2D eigenvalue weighted by molar-refractivity contribution is 7.18. The lowest BCUT2D eigenvalue weighted by Gasteiger charge is -2.34. The van der Waals surface area contributed by atoms with E-state index >= 15 is 0 Å². The van der Waals surface area contributed by atoms with Crippen LogP contribution in [0.1, 0.15) is 36.0 Å². The van der Waals surface area contributed by atoms with Crippen LogP contribution >= 0.6 is 11.3 Å². The Balaban J connectivity index is 1.63. The van der Waals surface area contributed by atoms with Gasteiger partial charge < -0.3 is 15.0 Å². The van der Waals surface area contributed by atoms with Gasteiger partial charge in [-0.3, -0.25) is 9.69 Å². The van der Waals surface area contributed by atoms with Crippen LogP contribution < -0.4 is 10.2 Å². The van der Waals surface area contributed by atoms with Gasteiger partial charge in [0.25, 0.3) is 0 Å². The molecule has 158 valence electrons. The Morgan fingerprint density at radius 3 is 2.79 bits per heavy atom. The number of aromatic nitrogens is 2. The van der Waals surface area contributed by atoms with Gasteiger partial charge in [0.15, 0.2) is 0 Å². The number of fused-ring (bicyclic) bond motifs is 1. The summed E-state index contributed by atoms with van der Waals surface area (Å²) in [6.07, 6.45) is 2.27. The summed E-state index contributed by atoms with van der Waals surface area (Å²) in [5, 5.41) is 4.20. The van der Waals surface area contributed by atoms with E-state index in [1.807, 2.05) is 0 Å². The Kier molecular flexibility index (Phi) is 6.32. The number of morpholine rings is 1. The summed E-state index contributed by atoms with van der Waals surface area (Å²) in [5.74, 6) is 2.48. The van der Waals surface area contributed by atoms with E-state index in [9.17, 15) is 4.79 Å². The fourth-order valence-electron chi connectivity index (χ4n) is 4.24. The Morgan fingerprint density at radius 2 is 2.03 bits per heavy atom. The SMILES string of the molecule is CC(=O)NCC1CCCN(c2nc(CN3CCOCC3)nc3sc(C)c(C)c23)C1. The maximum Gasteiger partial charge on any atom is 0.216 e. The lowest BCUT2D eigenvalue weighted by atomic mass is 9.97. The largest absolute Gasteiger partial charge is 0.379 e. The van der Waals surface area contributed by atoms with Crippen molar-refractivity contribution in [1.29, 1.82) is 0 Å². The summed E-state index contributed by atoms with van der Waals surface area (Å²) in [6.45, 7) is 12.8. The molecule has 2 aliphatic heterocycles. The number of thiophene rings is 1. The first-order chi connectivity index (χ1) is 14.0. The zero-order valence-electron chi connectivity index (χ0n) is 17.7. The molecule has 0 aliphatic carbocycles. The van der Waals surface area contributed by atoms with E-state index in [2.05, 4.69) is 29.0 Å². The van der Waals surface area contributed by atoms with Gasteiger partial charge in [-0.2, -0.15) is 0 Å². The first kappa shape index (κ1) is 20.5. The molecule has 1 unspecified atom stereocenters. The lowest BCUT2D eigenvalue weighted by molar-refractivity contribution is -0.119. The summed E-state index contributed by atoms with van der Waals surface area (Å²) in [4.78, 5) is 28.5. The van der Waals surface area contributed by atoms with Crippen molar-refractivity contribution in [1.82, 2.24) is 20.2 Å². The van der Waals surface area contributed by atoms with Crippen molar-refractivity contribution in [2.24, 2.45) is 5.92 Å².